The van der Waals surface area contributed by atoms with Gasteiger partial charge in [0.1, 0.15) is 0 Å². The Labute approximate surface area is 132 Å². The molecule has 0 aromatic heterocycles. The maximum Gasteiger partial charge on any atom is -0.00646 e. The van der Waals surface area contributed by atoms with E-state index < -0.39 is 0 Å². The van der Waals surface area contributed by atoms with Gasteiger partial charge in [0.2, 0.25) is 0 Å². The van der Waals surface area contributed by atoms with E-state index >= 15 is 0 Å². The molecule has 20 heavy (non-hydrogen) atoms. The molecule has 1 fully saturated rings. The molecule has 1 rings (SSSR count). The molecule has 1 aliphatic rings. The number of rotatable bonds is 9. The molecule has 120 valence electrons. The standard InChI is InChI=1S/C19H38S/c1-8-14(3)17(9-2)10-12-20-13-11-18-15(4)16(5)19(18,6)7/h14-18H,8-13H2,1-7H3. The molecule has 0 saturated heterocycles. The predicted octanol–water partition coefficient (Wildman–Crippen LogP) is 6.50. The van der Waals surface area contributed by atoms with Crippen molar-refractivity contribution in [3.05, 3.63) is 0 Å². The molecular formula is C19H38S. The minimum atomic E-state index is 0.586. The zero-order chi connectivity index (χ0) is 15.3. The van der Waals surface area contributed by atoms with Gasteiger partial charge in [-0.25, -0.2) is 0 Å². The Balaban J connectivity index is 2.17. The van der Waals surface area contributed by atoms with Gasteiger partial charge in [-0.15, -0.1) is 0 Å². The first kappa shape index (κ1) is 18.4. The van der Waals surface area contributed by atoms with E-state index in [2.05, 4.69) is 60.2 Å². The first-order valence-corrected chi connectivity index (χ1v) is 10.1. The van der Waals surface area contributed by atoms with Crippen LogP contribution in [0.2, 0.25) is 0 Å². The minimum absolute atomic E-state index is 0.586. The first-order chi connectivity index (χ1) is 9.36. The summed E-state index contributed by atoms with van der Waals surface area (Å²) >= 11 is 2.21. The summed E-state index contributed by atoms with van der Waals surface area (Å²) in [5, 5.41) is 0. The van der Waals surface area contributed by atoms with Gasteiger partial charge < -0.3 is 0 Å². The third kappa shape index (κ3) is 4.18. The van der Waals surface area contributed by atoms with E-state index in [0.29, 0.717) is 5.41 Å². The van der Waals surface area contributed by atoms with Gasteiger partial charge in [-0.3, -0.25) is 0 Å². The molecule has 1 heteroatoms. The molecule has 5 atom stereocenters. The average Bonchev–Trinajstić information content (AvgIpc) is 2.44. The number of hydrogen-bond acceptors (Lipinski definition) is 1. The summed E-state index contributed by atoms with van der Waals surface area (Å²) in [6.07, 6.45) is 5.56. The van der Waals surface area contributed by atoms with Crippen LogP contribution in [0.3, 0.4) is 0 Å². The van der Waals surface area contributed by atoms with Crippen LogP contribution in [0.1, 0.15) is 74.1 Å². The van der Waals surface area contributed by atoms with Crippen LogP contribution in [-0.2, 0) is 0 Å². The van der Waals surface area contributed by atoms with Gasteiger partial charge in [0.05, 0.1) is 0 Å². The molecule has 0 bridgehead atoms. The average molecular weight is 299 g/mol. The van der Waals surface area contributed by atoms with Crippen molar-refractivity contribution < 1.29 is 0 Å². The predicted molar refractivity (Wildman–Crippen MR) is 95.4 cm³/mol. The fourth-order valence-electron chi connectivity index (χ4n) is 4.33. The second-order valence-corrected chi connectivity index (χ2v) is 9.04. The fourth-order valence-corrected chi connectivity index (χ4v) is 5.42. The molecule has 0 aliphatic heterocycles. The van der Waals surface area contributed by atoms with E-state index in [1.165, 1.54) is 37.2 Å². The molecule has 0 aromatic rings. The summed E-state index contributed by atoms with van der Waals surface area (Å²) in [7, 11) is 0. The molecule has 0 heterocycles. The van der Waals surface area contributed by atoms with Gasteiger partial charge in [-0.2, -0.15) is 11.8 Å². The second-order valence-electron chi connectivity index (χ2n) is 7.82. The quantitative estimate of drug-likeness (QED) is 0.438. The van der Waals surface area contributed by atoms with E-state index in [-0.39, 0.29) is 0 Å². The normalized spacial score (nSPS) is 31.6. The summed E-state index contributed by atoms with van der Waals surface area (Å²) in [6.45, 7) is 17.0. The Morgan fingerprint density at radius 1 is 1.05 bits per heavy atom. The number of hydrogen-bond donors (Lipinski definition) is 0. The van der Waals surface area contributed by atoms with Gasteiger partial charge in [-0.1, -0.05) is 61.3 Å². The topological polar surface area (TPSA) is 0 Å². The Bertz CT molecular complexity index is 271. The van der Waals surface area contributed by atoms with Crippen molar-refractivity contribution in [2.45, 2.75) is 74.1 Å². The van der Waals surface area contributed by atoms with Crippen molar-refractivity contribution in [2.24, 2.45) is 35.0 Å². The molecular weight excluding hydrogens is 260 g/mol. The van der Waals surface area contributed by atoms with Crippen LogP contribution in [0, 0.1) is 35.0 Å². The number of thioether (sulfide) groups is 1. The largest absolute Gasteiger partial charge is 0.162 e. The summed E-state index contributed by atoms with van der Waals surface area (Å²) < 4.78 is 0. The zero-order valence-electron chi connectivity index (χ0n) is 15.0. The lowest BCUT2D eigenvalue weighted by molar-refractivity contribution is -0.0777. The van der Waals surface area contributed by atoms with Crippen molar-refractivity contribution in [3.8, 4) is 0 Å². The molecule has 1 saturated carbocycles. The monoisotopic (exact) mass is 298 g/mol. The molecule has 5 unspecified atom stereocenters. The van der Waals surface area contributed by atoms with E-state index in [1.54, 1.807) is 0 Å². The fraction of sp³-hybridized carbons (Fsp3) is 1.00. The highest BCUT2D eigenvalue weighted by Gasteiger charge is 2.50. The SMILES string of the molecule is CCC(C)C(CC)CCSCCC1C(C)C(C)C1(C)C. The Hall–Kier alpha value is 0.350. The third-order valence-electron chi connectivity index (χ3n) is 6.73. The highest BCUT2D eigenvalue weighted by Crippen LogP contribution is 2.56. The molecule has 0 aromatic carbocycles. The van der Waals surface area contributed by atoms with Crippen molar-refractivity contribution in [3.63, 3.8) is 0 Å². The van der Waals surface area contributed by atoms with Crippen LogP contribution in [0.15, 0.2) is 0 Å². The van der Waals surface area contributed by atoms with E-state index in [4.69, 9.17) is 0 Å². The molecule has 0 spiro atoms. The summed E-state index contributed by atoms with van der Waals surface area (Å²) in [5.41, 5.74) is 0.586. The van der Waals surface area contributed by atoms with Crippen molar-refractivity contribution in [2.75, 3.05) is 11.5 Å². The van der Waals surface area contributed by atoms with Gasteiger partial charge in [0, 0.05) is 0 Å². The second kappa shape index (κ2) is 8.11. The third-order valence-corrected chi connectivity index (χ3v) is 7.78. The summed E-state index contributed by atoms with van der Waals surface area (Å²) in [6, 6.07) is 0. The maximum absolute atomic E-state index is 2.48. The first-order valence-electron chi connectivity index (χ1n) is 8.93. The van der Waals surface area contributed by atoms with Gasteiger partial charge in [-0.05, 0) is 59.4 Å². The molecule has 0 nitrogen and oxygen atoms in total. The van der Waals surface area contributed by atoms with Gasteiger partial charge in [0.15, 0.2) is 0 Å². The smallest absolute Gasteiger partial charge is 0.00646 e. The molecule has 0 N–H and O–H groups in total. The van der Waals surface area contributed by atoms with Crippen LogP contribution < -0.4 is 0 Å². The van der Waals surface area contributed by atoms with Gasteiger partial charge in [0.25, 0.3) is 0 Å². The van der Waals surface area contributed by atoms with Crippen molar-refractivity contribution >= 4 is 11.8 Å². The van der Waals surface area contributed by atoms with Crippen LogP contribution in [-0.4, -0.2) is 11.5 Å². The van der Waals surface area contributed by atoms with Crippen molar-refractivity contribution in [1.29, 1.82) is 0 Å². The lowest BCUT2D eigenvalue weighted by Crippen LogP contribution is -2.50. The van der Waals surface area contributed by atoms with Crippen LogP contribution in [0.4, 0.5) is 0 Å². The molecule has 0 amide bonds. The lowest BCUT2D eigenvalue weighted by atomic mass is 9.49. The Morgan fingerprint density at radius 3 is 2.20 bits per heavy atom. The van der Waals surface area contributed by atoms with Crippen LogP contribution in [0.25, 0.3) is 0 Å². The summed E-state index contributed by atoms with van der Waals surface area (Å²) in [5.74, 6) is 7.42. The van der Waals surface area contributed by atoms with Crippen molar-refractivity contribution in [1.82, 2.24) is 0 Å². The highest BCUT2D eigenvalue weighted by molar-refractivity contribution is 7.99. The molecule has 0 radical (unpaired) electrons. The highest BCUT2D eigenvalue weighted by atomic mass is 32.2. The van der Waals surface area contributed by atoms with E-state index in [0.717, 1.165) is 29.6 Å². The zero-order valence-corrected chi connectivity index (χ0v) is 15.9. The lowest BCUT2D eigenvalue weighted by Gasteiger charge is -2.57. The summed E-state index contributed by atoms with van der Waals surface area (Å²) in [4.78, 5) is 0. The van der Waals surface area contributed by atoms with E-state index in [9.17, 15) is 0 Å². The molecule has 1 aliphatic carbocycles. The maximum atomic E-state index is 2.48. The Morgan fingerprint density at radius 2 is 1.70 bits per heavy atom. The van der Waals surface area contributed by atoms with E-state index in [1.807, 2.05) is 0 Å². The van der Waals surface area contributed by atoms with Crippen LogP contribution >= 0.6 is 11.8 Å². The van der Waals surface area contributed by atoms with Crippen LogP contribution in [0.5, 0.6) is 0 Å². The minimum Gasteiger partial charge on any atom is -0.162 e. The van der Waals surface area contributed by atoms with Gasteiger partial charge >= 0.3 is 0 Å². The Kier molecular flexibility index (Phi) is 7.46.